The van der Waals surface area contributed by atoms with Crippen molar-refractivity contribution in [2.75, 3.05) is 13.1 Å². The monoisotopic (exact) mass is 277 g/mol. The van der Waals surface area contributed by atoms with Crippen molar-refractivity contribution < 1.29 is 4.79 Å². The van der Waals surface area contributed by atoms with Crippen molar-refractivity contribution in [3.05, 3.63) is 22.4 Å². The fraction of sp³-hybridized carbons (Fsp3) is 0.688. The van der Waals surface area contributed by atoms with E-state index >= 15 is 0 Å². The maximum absolute atomic E-state index is 12.3. The van der Waals surface area contributed by atoms with Crippen molar-refractivity contribution in [2.45, 2.75) is 50.9 Å². The standard InChI is InChI=1S/C16H23NOS/c18-16(12-13-4-1-2-5-13)17-9-7-14(8-10-17)15-6-3-11-19-15/h3,6,11,13-14H,1-2,4-5,7-10,12H2. The lowest BCUT2D eigenvalue weighted by Crippen LogP contribution is -2.38. The molecule has 1 aromatic rings. The van der Waals surface area contributed by atoms with E-state index in [4.69, 9.17) is 0 Å². The lowest BCUT2D eigenvalue weighted by atomic mass is 9.94. The van der Waals surface area contributed by atoms with Crippen molar-refractivity contribution in [1.82, 2.24) is 4.90 Å². The van der Waals surface area contributed by atoms with Crippen LogP contribution >= 0.6 is 11.3 Å². The van der Waals surface area contributed by atoms with Crippen molar-refractivity contribution >= 4 is 17.2 Å². The number of hydrogen-bond donors (Lipinski definition) is 0. The predicted octanol–water partition coefficient (Wildman–Crippen LogP) is 4.03. The van der Waals surface area contributed by atoms with Gasteiger partial charge in [-0.2, -0.15) is 0 Å². The summed E-state index contributed by atoms with van der Waals surface area (Å²) in [5, 5.41) is 2.16. The first-order valence-electron chi connectivity index (χ1n) is 7.64. The van der Waals surface area contributed by atoms with Gasteiger partial charge in [-0.15, -0.1) is 11.3 Å². The number of hydrogen-bond acceptors (Lipinski definition) is 2. The summed E-state index contributed by atoms with van der Waals surface area (Å²) >= 11 is 1.86. The van der Waals surface area contributed by atoms with E-state index in [2.05, 4.69) is 22.4 Å². The van der Waals surface area contributed by atoms with Gasteiger partial charge in [0.1, 0.15) is 0 Å². The third-order valence-electron chi connectivity index (χ3n) is 4.73. The summed E-state index contributed by atoms with van der Waals surface area (Å²) in [6, 6.07) is 4.38. The average Bonchev–Trinajstić information content (AvgIpc) is 3.12. The minimum absolute atomic E-state index is 0.413. The Balaban J connectivity index is 1.48. The second kappa shape index (κ2) is 6.08. The molecule has 1 aliphatic carbocycles. The molecule has 19 heavy (non-hydrogen) atoms. The Labute approximate surface area is 119 Å². The molecule has 2 heterocycles. The summed E-state index contributed by atoms with van der Waals surface area (Å²) in [4.78, 5) is 15.9. The average molecular weight is 277 g/mol. The number of likely N-dealkylation sites (tertiary alicyclic amines) is 1. The molecule has 3 rings (SSSR count). The SMILES string of the molecule is O=C(CC1CCCC1)N1CCC(c2cccs2)CC1. The number of carbonyl (C=O) groups is 1. The molecule has 2 nitrogen and oxygen atoms in total. The van der Waals surface area contributed by atoms with Crippen LogP contribution in [0.2, 0.25) is 0 Å². The summed E-state index contributed by atoms with van der Waals surface area (Å²) < 4.78 is 0. The summed E-state index contributed by atoms with van der Waals surface area (Å²) in [5.41, 5.74) is 0. The molecule has 0 unspecified atom stereocenters. The predicted molar refractivity (Wildman–Crippen MR) is 79.4 cm³/mol. The molecule has 0 radical (unpaired) electrons. The molecule has 2 aliphatic rings. The van der Waals surface area contributed by atoms with E-state index in [0.717, 1.165) is 32.4 Å². The highest BCUT2D eigenvalue weighted by molar-refractivity contribution is 7.10. The number of piperidine rings is 1. The molecule has 0 aromatic carbocycles. The van der Waals surface area contributed by atoms with Crippen LogP contribution in [0.3, 0.4) is 0 Å². The fourth-order valence-corrected chi connectivity index (χ4v) is 4.43. The van der Waals surface area contributed by atoms with E-state index in [1.54, 1.807) is 0 Å². The van der Waals surface area contributed by atoms with Gasteiger partial charge in [-0.05, 0) is 49.0 Å². The molecule has 1 aromatic heterocycles. The number of rotatable bonds is 3. The Kier molecular flexibility index (Phi) is 4.21. The largest absolute Gasteiger partial charge is 0.343 e. The molecule has 1 aliphatic heterocycles. The molecule has 0 atom stereocenters. The highest BCUT2D eigenvalue weighted by Gasteiger charge is 2.26. The van der Waals surface area contributed by atoms with Crippen LogP contribution in [0, 0.1) is 5.92 Å². The Hall–Kier alpha value is -0.830. The summed E-state index contributed by atoms with van der Waals surface area (Å²) in [7, 11) is 0. The highest BCUT2D eigenvalue weighted by atomic mass is 32.1. The first-order chi connectivity index (χ1) is 9.33. The van der Waals surface area contributed by atoms with E-state index < -0.39 is 0 Å². The fourth-order valence-electron chi connectivity index (χ4n) is 3.53. The summed E-state index contributed by atoms with van der Waals surface area (Å²) in [5.74, 6) is 1.79. The molecule has 1 amide bonds. The van der Waals surface area contributed by atoms with Crippen LogP contribution in [0.5, 0.6) is 0 Å². The number of nitrogens with zero attached hydrogens (tertiary/aromatic N) is 1. The van der Waals surface area contributed by atoms with E-state index in [1.807, 2.05) is 11.3 Å². The Morgan fingerprint density at radius 2 is 1.95 bits per heavy atom. The Morgan fingerprint density at radius 3 is 2.58 bits per heavy atom. The normalized spacial score (nSPS) is 22.0. The minimum Gasteiger partial charge on any atom is -0.343 e. The van der Waals surface area contributed by atoms with Crippen LogP contribution in [0.4, 0.5) is 0 Å². The maximum atomic E-state index is 12.3. The molecular weight excluding hydrogens is 254 g/mol. The van der Waals surface area contributed by atoms with Crippen LogP contribution in [-0.2, 0) is 4.79 Å². The zero-order valence-electron chi connectivity index (χ0n) is 11.5. The van der Waals surface area contributed by atoms with Crippen molar-refractivity contribution in [2.24, 2.45) is 5.92 Å². The van der Waals surface area contributed by atoms with Gasteiger partial charge in [-0.1, -0.05) is 18.9 Å². The van der Waals surface area contributed by atoms with Crippen LogP contribution in [0.25, 0.3) is 0 Å². The second-order valence-corrected chi connectivity index (χ2v) is 7.00. The number of amides is 1. The first kappa shape index (κ1) is 13.2. The Bertz CT molecular complexity index is 400. The molecule has 2 fully saturated rings. The number of thiophene rings is 1. The van der Waals surface area contributed by atoms with Crippen LogP contribution in [0.1, 0.15) is 55.7 Å². The third kappa shape index (κ3) is 3.19. The second-order valence-electron chi connectivity index (χ2n) is 6.03. The molecule has 0 bridgehead atoms. The van der Waals surface area contributed by atoms with Crippen LogP contribution in [0.15, 0.2) is 17.5 Å². The quantitative estimate of drug-likeness (QED) is 0.816. The molecule has 1 saturated carbocycles. The zero-order chi connectivity index (χ0) is 13.1. The number of carbonyl (C=O) groups excluding carboxylic acids is 1. The molecular formula is C16H23NOS. The molecule has 104 valence electrons. The maximum Gasteiger partial charge on any atom is 0.222 e. The summed E-state index contributed by atoms with van der Waals surface area (Å²) in [6.07, 6.45) is 8.32. The van der Waals surface area contributed by atoms with Crippen molar-refractivity contribution in [3.63, 3.8) is 0 Å². The smallest absolute Gasteiger partial charge is 0.222 e. The van der Waals surface area contributed by atoms with Gasteiger partial charge < -0.3 is 4.90 Å². The van der Waals surface area contributed by atoms with E-state index in [-0.39, 0.29) is 0 Å². The van der Waals surface area contributed by atoms with Gasteiger partial charge in [0.05, 0.1) is 0 Å². The third-order valence-corrected chi connectivity index (χ3v) is 5.77. The lowest BCUT2D eigenvalue weighted by Gasteiger charge is -2.32. The molecule has 0 spiro atoms. The van der Waals surface area contributed by atoms with Gasteiger partial charge >= 0.3 is 0 Å². The van der Waals surface area contributed by atoms with E-state index in [9.17, 15) is 4.79 Å². The van der Waals surface area contributed by atoms with Gasteiger partial charge in [-0.25, -0.2) is 0 Å². The topological polar surface area (TPSA) is 20.3 Å². The van der Waals surface area contributed by atoms with E-state index in [1.165, 1.54) is 30.6 Å². The van der Waals surface area contributed by atoms with E-state index in [0.29, 0.717) is 17.7 Å². The van der Waals surface area contributed by atoms with Gasteiger partial charge in [0.25, 0.3) is 0 Å². The van der Waals surface area contributed by atoms with Gasteiger partial charge in [0.2, 0.25) is 5.91 Å². The molecule has 0 N–H and O–H groups in total. The highest BCUT2D eigenvalue weighted by Crippen LogP contribution is 2.32. The van der Waals surface area contributed by atoms with Crippen molar-refractivity contribution in [1.29, 1.82) is 0 Å². The molecule has 3 heteroatoms. The van der Waals surface area contributed by atoms with Crippen LogP contribution in [-0.4, -0.2) is 23.9 Å². The zero-order valence-corrected chi connectivity index (χ0v) is 12.3. The summed E-state index contributed by atoms with van der Waals surface area (Å²) in [6.45, 7) is 1.93. The Morgan fingerprint density at radius 1 is 1.21 bits per heavy atom. The minimum atomic E-state index is 0.413. The first-order valence-corrected chi connectivity index (χ1v) is 8.52. The van der Waals surface area contributed by atoms with Gasteiger partial charge in [0, 0.05) is 24.4 Å². The lowest BCUT2D eigenvalue weighted by molar-refractivity contribution is -0.133. The molecule has 1 saturated heterocycles. The van der Waals surface area contributed by atoms with Crippen molar-refractivity contribution in [3.8, 4) is 0 Å². The van der Waals surface area contributed by atoms with Crippen LogP contribution < -0.4 is 0 Å². The van der Waals surface area contributed by atoms with Gasteiger partial charge in [-0.3, -0.25) is 4.79 Å². The van der Waals surface area contributed by atoms with Gasteiger partial charge in [0.15, 0.2) is 0 Å².